The summed E-state index contributed by atoms with van der Waals surface area (Å²) in [6, 6.07) is 7.44. The quantitative estimate of drug-likeness (QED) is 0.834. The molecule has 1 aliphatic carbocycles. The first-order valence-corrected chi connectivity index (χ1v) is 9.84. The lowest BCUT2D eigenvalue weighted by Gasteiger charge is -2.32. The van der Waals surface area contributed by atoms with Crippen LogP contribution >= 0.6 is 0 Å². The molecule has 1 aromatic rings. The summed E-state index contributed by atoms with van der Waals surface area (Å²) in [7, 11) is -3.62. The molecule has 6 heteroatoms. The third kappa shape index (κ3) is 5.57. The van der Waals surface area contributed by atoms with E-state index in [0.717, 1.165) is 31.2 Å². The van der Waals surface area contributed by atoms with Crippen molar-refractivity contribution >= 4 is 10.0 Å². The zero-order valence-corrected chi connectivity index (χ0v) is 15.0. The Balaban J connectivity index is 1.87. The predicted molar refractivity (Wildman–Crippen MR) is 91.6 cm³/mol. The summed E-state index contributed by atoms with van der Waals surface area (Å²) in [6.45, 7) is 6.26. The molecule has 0 heterocycles. The molecule has 0 bridgehead atoms. The smallest absolute Gasteiger partial charge is 0.238 e. The van der Waals surface area contributed by atoms with Crippen molar-refractivity contribution < 1.29 is 13.2 Å². The SMILES string of the molecule is CC(C)OC1CCC(N[C@@H](C)c2ccc(S(N)(=O)=O)cc2)CC1. The molecule has 0 aliphatic heterocycles. The molecule has 1 saturated carbocycles. The summed E-state index contributed by atoms with van der Waals surface area (Å²) in [5.41, 5.74) is 1.07. The Bertz CT molecular complexity index is 591. The van der Waals surface area contributed by atoms with E-state index in [1.54, 1.807) is 12.1 Å². The minimum absolute atomic E-state index is 0.153. The lowest BCUT2D eigenvalue weighted by molar-refractivity contribution is -0.0166. The van der Waals surface area contributed by atoms with E-state index in [1.165, 1.54) is 0 Å². The molecule has 1 aliphatic rings. The van der Waals surface area contributed by atoms with Crippen molar-refractivity contribution in [3.05, 3.63) is 29.8 Å². The van der Waals surface area contributed by atoms with Gasteiger partial charge < -0.3 is 10.1 Å². The molecule has 0 aromatic heterocycles. The van der Waals surface area contributed by atoms with Crippen LogP contribution in [0, 0.1) is 0 Å². The van der Waals surface area contributed by atoms with Gasteiger partial charge in [0, 0.05) is 12.1 Å². The van der Waals surface area contributed by atoms with Gasteiger partial charge in [0.05, 0.1) is 17.1 Å². The molecule has 2 rings (SSSR count). The zero-order valence-electron chi connectivity index (χ0n) is 14.2. The van der Waals surface area contributed by atoms with Crippen LogP contribution in [0.5, 0.6) is 0 Å². The van der Waals surface area contributed by atoms with E-state index in [-0.39, 0.29) is 10.9 Å². The maximum atomic E-state index is 11.3. The number of nitrogens with two attached hydrogens (primary N) is 1. The van der Waals surface area contributed by atoms with Gasteiger partial charge in [-0.15, -0.1) is 0 Å². The molecule has 0 spiro atoms. The van der Waals surface area contributed by atoms with Gasteiger partial charge in [-0.2, -0.15) is 0 Å². The number of sulfonamides is 1. The van der Waals surface area contributed by atoms with Gasteiger partial charge in [-0.05, 0) is 64.2 Å². The van der Waals surface area contributed by atoms with Crippen molar-refractivity contribution in [3.63, 3.8) is 0 Å². The van der Waals surface area contributed by atoms with Crippen LogP contribution in [0.15, 0.2) is 29.2 Å². The second kappa shape index (κ2) is 7.75. The van der Waals surface area contributed by atoms with Crippen LogP contribution in [0.4, 0.5) is 0 Å². The topological polar surface area (TPSA) is 81.4 Å². The number of benzene rings is 1. The Labute approximate surface area is 139 Å². The summed E-state index contributed by atoms with van der Waals surface area (Å²) < 4.78 is 28.5. The fraction of sp³-hybridized carbons (Fsp3) is 0.647. The van der Waals surface area contributed by atoms with Crippen molar-refractivity contribution in [2.45, 2.75) is 75.6 Å². The van der Waals surface area contributed by atoms with Gasteiger partial charge in [-0.1, -0.05) is 12.1 Å². The Morgan fingerprint density at radius 1 is 1.09 bits per heavy atom. The number of rotatable bonds is 6. The highest BCUT2D eigenvalue weighted by molar-refractivity contribution is 7.89. The fourth-order valence-electron chi connectivity index (χ4n) is 3.15. The van der Waals surface area contributed by atoms with Crippen LogP contribution in [-0.4, -0.2) is 26.7 Å². The Morgan fingerprint density at radius 2 is 1.65 bits per heavy atom. The number of hydrogen-bond acceptors (Lipinski definition) is 4. The molecule has 0 amide bonds. The van der Waals surface area contributed by atoms with Crippen LogP contribution in [0.3, 0.4) is 0 Å². The maximum absolute atomic E-state index is 11.3. The van der Waals surface area contributed by atoms with Gasteiger partial charge in [0.2, 0.25) is 10.0 Å². The monoisotopic (exact) mass is 340 g/mol. The van der Waals surface area contributed by atoms with E-state index in [4.69, 9.17) is 9.88 Å². The molecule has 130 valence electrons. The molecule has 1 atom stereocenters. The van der Waals surface area contributed by atoms with Crippen LogP contribution in [0.25, 0.3) is 0 Å². The first kappa shape index (κ1) is 18.4. The van der Waals surface area contributed by atoms with Crippen molar-refractivity contribution in [1.82, 2.24) is 5.32 Å². The van der Waals surface area contributed by atoms with Gasteiger partial charge in [0.25, 0.3) is 0 Å². The molecule has 0 saturated heterocycles. The first-order chi connectivity index (χ1) is 10.8. The summed E-state index contributed by atoms with van der Waals surface area (Å²) >= 11 is 0. The lowest BCUT2D eigenvalue weighted by atomic mass is 9.92. The Morgan fingerprint density at radius 3 is 2.13 bits per heavy atom. The van der Waals surface area contributed by atoms with Gasteiger partial charge in [0.1, 0.15) is 0 Å². The van der Waals surface area contributed by atoms with Gasteiger partial charge in [-0.25, -0.2) is 13.6 Å². The first-order valence-electron chi connectivity index (χ1n) is 8.30. The molecular formula is C17H28N2O3S. The predicted octanol–water partition coefficient (Wildman–Crippen LogP) is 2.72. The molecule has 23 heavy (non-hydrogen) atoms. The summed E-state index contributed by atoms with van der Waals surface area (Å²) in [5, 5.41) is 8.76. The van der Waals surface area contributed by atoms with Gasteiger partial charge in [0.15, 0.2) is 0 Å². The van der Waals surface area contributed by atoms with E-state index < -0.39 is 10.0 Å². The third-order valence-corrected chi connectivity index (χ3v) is 5.26. The minimum Gasteiger partial charge on any atom is -0.376 e. The highest BCUT2D eigenvalue weighted by Gasteiger charge is 2.23. The molecule has 1 fully saturated rings. The van der Waals surface area contributed by atoms with Crippen molar-refractivity contribution in [2.75, 3.05) is 0 Å². The fourth-order valence-corrected chi connectivity index (χ4v) is 3.66. The van der Waals surface area contributed by atoms with Crippen LogP contribution < -0.4 is 10.5 Å². The van der Waals surface area contributed by atoms with E-state index in [0.29, 0.717) is 18.2 Å². The zero-order chi connectivity index (χ0) is 17.0. The van der Waals surface area contributed by atoms with Crippen molar-refractivity contribution in [1.29, 1.82) is 0 Å². The number of primary sulfonamides is 1. The maximum Gasteiger partial charge on any atom is 0.238 e. The Hall–Kier alpha value is -0.950. The van der Waals surface area contributed by atoms with E-state index in [2.05, 4.69) is 26.1 Å². The number of nitrogens with one attached hydrogen (secondary N) is 1. The molecule has 3 N–H and O–H groups in total. The molecule has 5 nitrogen and oxygen atoms in total. The average Bonchev–Trinajstić information content (AvgIpc) is 2.48. The third-order valence-electron chi connectivity index (χ3n) is 4.33. The van der Waals surface area contributed by atoms with Crippen molar-refractivity contribution in [3.8, 4) is 0 Å². The highest BCUT2D eigenvalue weighted by Crippen LogP contribution is 2.25. The van der Waals surface area contributed by atoms with Crippen LogP contribution in [-0.2, 0) is 14.8 Å². The number of hydrogen-bond donors (Lipinski definition) is 2. The van der Waals surface area contributed by atoms with Gasteiger partial charge >= 0.3 is 0 Å². The molecule has 0 unspecified atom stereocenters. The van der Waals surface area contributed by atoms with E-state index in [9.17, 15) is 8.42 Å². The highest BCUT2D eigenvalue weighted by atomic mass is 32.2. The average molecular weight is 340 g/mol. The molecule has 1 aromatic carbocycles. The van der Waals surface area contributed by atoms with E-state index in [1.807, 2.05) is 12.1 Å². The summed E-state index contributed by atoms with van der Waals surface area (Å²) in [4.78, 5) is 0.153. The standard InChI is InChI=1S/C17H28N2O3S/c1-12(2)22-16-8-6-15(7-9-16)19-13(3)14-4-10-17(11-5-14)23(18,20)21/h4-5,10-13,15-16,19H,6-9H2,1-3H3,(H2,18,20,21)/t13-,15?,16?/m0/s1. The Kier molecular flexibility index (Phi) is 6.19. The largest absolute Gasteiger partial charge is 0.376 e. The van der Waals surface area contributed by atoms with Gasteiger partial charge in [-0.3, -0.25) is 0 Å². The normalized spacial score (nSPS) is 23.9. The van der Waals surface area contributed by atoms with Crippen LogP contribution in [0.2, 0.25) is 0 Å². The number of ether oxygens (including phenoxy) is 1. The lowest BCUT2D eigenvalue weighted by Crippen LogP contribution is -2.37. The molecule has 0 radical (unpaired) electrons. The van der Waals surface area contributed by atoms with E-state index >= 15 is 0 Å². The molecular weight excluding hydrogens is 312 g/mol. The van der Waals surface area contributed by atoms with Crippen LogP contribution in [0.1, 0.15) is 58.1 Å². The van der Waals surface area contributed by atoms with Crippen molar-refractivity contribution in [2.24, 2.45) is 5.14 Å². The summed E-state index contributed by atoms with van der Waals surface area (Å²) in [6.07, 6.45) is 5.08. The minimum atomic E-state index is -3.62. The summed E-state index contributed by atoms with van der Waals surface area (Å²) in [5.74, 6) is 0. The second-order valence-electron chi connectivity index (χ2n) is 6.66. The second-order valence-corrected chi connectivity index (χ2v) is 8.22.